The quantitative estimate of drug-likeness (QED) is 0.686. The van der Waals surface area contributed by atoms with E-state index in [1.807, 2.05) is 13.0 Å². The average molecular weight is 217 g/mol. The third-order valence-corrected chi connectivity index (χ3v) is 2.18. The smallest absolute Gasteiger partial charge is 0.165 e. The summed E-state index contributed by atoms with van der Waals surface area (Å²) in [5, 5.41) is 0. The molecule has 0 aliphatic rings. The van der Waals surface area contributed by atoms with E-state index in [9.17, 15) is 4.39 Å². The van der Waals surface area contributed by atoms with Gasteiger partial charge in [-0.05, 0) is 31.4 Å². The molecule has 78 valence electrons. The Hall–Kier alpha value is -0.760. The van der Waals surface area contributed by atoms with Crippen molar-refractivity contribution in [3.05, 3.63) is 29.6 Å². The molecule has 1 aromatic carbocycles. The van der Waals surface area contributed by atoms with Crippen molar-refractivity contribution in [1.82, 2.24) is 0 Å². The van der Waals surface area contributed by atoms with Crippen molar-refractivity contribution in [2.24, 2.45) is 0 Å². The summed E-state index contributed by atoms with van der Waals surface area (Å²) in [5.74, 6) is 0.668. The zero-order valence-corrected chi connectivity index (χ0v) is 8.98. The summed E-state index contributed by atoms with van der Waals surface area (Å²) >= 11 is 5.59. The van der Waals surface area contributed by atoms with Crippen LogP contribution in [-0.2, 0) is 6.42 Å². The highest BCUT2D eigenvalue weighted by Crippen LogP contribution is 2.23. The van der Waals surface area contributed by atoms with Crippen LogP contribution in [0.5, 0.6) is 5.75 Å². The molecule has 14 heavy (non-hydrogen) atoms. The summed E-state index contributed by atoms with van der Waals surface area (Å²) in [6.45, 7) is 2.33. The Morgan fingerprint density at radius 2 is 2.21 bits per heavy atom. The van der Waals surface area contributed by atoms with E-state index < -0.39 is 0 Å². The Labute approximate surface area is 88.8 Å². The van der Waals surface area contributed by atoms with Crippen LogP contribution in [0.15, 0.2) is 18.2 Å². The van der Waals surface area contributed by atoms with Crippen molar-refractivity contribution in [1.29, 1.82) is 0 Å². The molecule has 0 atom stereocenters. The van der Waals surface area contributed by atoms with Crippen LogP contribution in [0.4, 0.5) is 4.39 Å². The minimum absolute atomic E-state index is 0.293. The van der Waals surface area contributed by atoms with Crippen LogP contribution in [0.1, 0.15) is 18.9 Å². The Balaban J connectivity index is 2.83. The number of alkyl halides is 1. The van der Waals surface area contributed by atoms with E-state index >= 15 is 0 Å². The van der Waals surface area contributed by atoms with Gasteiger partial charge in [-0.3, -0.25) is 0 Å². The van der Waals surface area contributed by atoms with E-state index in [2.05, 4.69) is 0 Å². The topological polar surface area (TPSA) is 9.23 Å². The molecule has 1 nitrogen and oxygen atoms in total. The fraction of sp³-hybridized carbons (Fsp3) is 0.455. The van der Waals surface area contributed by atoms with E-state index in [1.165, 1.54) is 6.07 Å². The molecule has 0 radical (unpaired) electrons. The molecule has 0 fully saturated rings. The van der Waals surface area contributed by atoms with E-state index in [1.54, 1.807) is 6.07 Å². The van der Waals surface area contributed by atoms with Crippen LogP contribution < -0.4 is 4.74 Å². The summed E-state index contributed by atoms with van der Waals surface area (Å²) < 4.78 is 18.6. The Bertz CT molecular complexity index is 289. The molecule has 0 heterocycles. The zero-order valence-electron chi connectivity index (χ0n) is 8.22. The van der Waals surface area contributed by atoms with Gasteiger partial charge in [-0.15, -0.1) is 11.6 Å². The number of benzene rings is 1. The van der Waals surface area contributed by atoms with Crippen LogP contribution in [0, 0.1) is 5.82 Å². The molecule has 3 heteroatoms. The third kappa shape index (κ3) is 2.88. The van der Waals surface area contributed by atoms with Crippen molar-refractivity contribution >= 4 is 11.6 Å². The Kier molecular flexibility index (Phi) is 4.74. The van der Waals surface area contributed by atoms with Crippen molar-refractivity contribution in [3.8, 4) is 5.75 Å². The highest BCUT2D eigenvalue weighted by atomic mass is 35.5. The highest BCUT2D eigenvalue weighted by molar-refractivity contribution is 6.17. The van der Waals surface area contributed by atoms with Gasteiger partial charge in [0.25, 0.3) is 0 Å². The number of halogens is 2. The number of hydrogen-bond acceptors (Lipinski definition) is 1. The lowest BCUT2D eigenvalue weighted by atomic mass is 10.1. The normalized spacial score (nSPS) is 10.2. The molecule has 0 unspecified atom stereocenters. The molecular weight excluding hydrogens is 203 g/mol. The SMILES string of the molecule is CCOc1c(F)cccc1CCCCl. The first kappa shape index (κ1) is 11.3. The minimum atomic E-state index is -0.293. The van der Waals surface area contributed by atoms with Gasteiger partial charge in [0.15, 0.2) is 11.6 Å². The summed E-state index contributed by atoms with van der Waals surface area (Å²) in [6.07, 6.45) is 1.60. The molecule has 0 aliphatic heterocycles. The Morgan fingerprint density at radius 1 is 1.43 bits per heavy atom. The van der Waals surface area contributed by atoms with E-state index in [0.717, 1.165) is 18.4 Å². The number of rotatable bonds is 5. The lowest BCUT2D eigenvalue weighted by Gasteiger charge is -2.10. The summed E-state index contributed by atoms with van der Waals surface area (Å²) in [7, 11) is 0. The van der Waals surface area contributed by atoms with Crippen molar-refractivity contribution in [2.45, 2.75) is 19.8 Å². The summed E-state index contributed by atoms with van der Waals surface area (Å²) in [4.78, 5) is 0. The number of aryl methyl sites for hydroxylation is 1. The van der Waals surface area contributed by atoms with Gasteiger partial charge in [-0.25, -0.2) is 4.39 Å². The van der Waals surface area contributed by atoms with Crippen LogP contribution in [0.2, 0.25) is 0 Å². The average Bonchev–Trinajstić information content (AvgIpc) is 2.19. The van der Waals surface area contributed by atoms with Crippen LogP contribution in [0.3, 0.4) is 0 Å². The minimum Gasteiger partial charge on any atom is -0.491 e. The fourth-order valence-electron chi connectivity index (χ4n) is 1.31. The van der Waals surface area contributed by atoms with Gasteiger partial charge in [-0.1, -0.05) is 12.1 Å². The maximum Gasteiger partial charge on any atom is 0.165 e. The van der Waals surface area contributed by atoms with Crippen molar-refractivity contribution in [3.63, 3.8) is 0 Å². The monoisotopic (exact) mass is 216 g/mol. The lowest BCUT2D eigenvalue weighted by molar-refractivity contribution is 0.317. The van der Waals surface area contributed by atoms with Crippen molar-refractivity contribution < 1.29 is 9.13 Å². The molecule has 1 rings (SSSR count). The molecule has 0 saturated heterocycles. The van der Waals surface area contributed by atoms with Gasteiger partial charge in [0.1, 0.15) is 0 Å². The highest BCUT2D eigenvalue weighted by Gasteiger charge is 2.08. The second-order valence-corrected chi connectivity index (χ2v) is 3.33. The molecular formula is C11H14ClFO. The summed E-state index contributed by atoms with van der Waals surface area (Å²) in [5.41, 5.74) is 0.896. The third-order valence-electron chi connectivity index (χ3n) is 1.92. The number of hydrogen-bond donors (Lipinski definition) is 0. The second kappa shape index (κ2) is 5.86. The molecule has 0 amide bonds. The van der Waals surface area contributed by atoms with Gasteiger partial charge in [0, 0.05) is 5.88 Å². The van der Waals surface area contributed by atoms with Crippen LogP contribution in [0.25, 0.3) is 0 Å². The molecule has 0 aliphatic carbocycles. The van der Waals surface area contributed by atoms with Crippen LogP contribution in [-0.4, -0.2) is 12.5 Å². The Morgan fingerprint density at radius 3 is 2.86 bits per heavy atom. The maximum absolute atomic E-state index is 13.3. The summed E-state index contributed by atoms with van der Waals surface area (Å²) in [6, 6.07) is 4.98. The van der Waals surface area contributed by atoms with Gasteiger partial charge in [0.2, 0.25) is 0 Å². The van der Waals surface area contributed by atoms with Gasteiger partial charge in [0.05, 0.1) is 6.61 Å². The molecule has 0 N–H and O–H groups in total. The largest absolute Gasteiger partial charge is 0.491 e. The maximum atomic E-state index is 13.3. The zero-order chi connectivity index (χ0) is 10.4. The van der Waals surface area contributed by atoms with E-state index in [-0.39, 0.29) is 5.82 Å². The van der Waals surface area contributed by atoms with Crippen molar-refractivity contribution in [2.75, 3.05) is 12.5 Å². The van der Waals surface area contributed by atoms with Gasteiger partial charge in [-0.2, -0.15) is 0 Å². The molecule has 0 spiro atoms. The number of ether oxygens (including phenoxy) is 1. The first-order valence-corrected chi connectivity index (χ1v) is 5.29. The van der Waals surface area contributed by atoms with Crippen LogP contribution >= 0.6 is 11.6 Å². The molecule has 1 aromatic rings. The second-order valence-electron chi connectivity index (χ2n) is 2.95. The first-order valence-electron chi connectivity index (χ1n) is 4.75. The standard InChI is InChI=1S/C11H14ClFO/c1-2-14-11-9(6-4-8-12)5-3-7-10(11)13/h3,5,7H,2,4,6,8H2,1H3. The van der Waals surface area contributed by atoms with Gasteiger partial charge >= 0.3 is 0 Å². The fourth-order valence-corrected chi connectivity index (χ4v) is 1.45. The molecule has 0 bridgehead atoms. The lowest BCUT2D eigenvalue weighted by Crippen LogP contribution is -1.99. The predicted octanol–water partition coefficient (Wildman–Crippen LogP) is 3.40. The predicted molar refractivity (Wildman–Crippen MR) is 56.6 cm³/mol. The first-order chi connectivity index (χ1) is 6.79. The number of para-hydroxylation sites is 1. The van der Waals surface area contributed by atoms with E-state index in [0.29, 0.717) is 18.2 Å². The molecule has 0 saturated carbocycles. The molecule has 0 aromatic heterocycles. The van der Waals surface area contributed by atoms with E-state index in [4.69, 9.17) is 16.3 Å². The van der Waals surface area contributed by atoms with Gasteiger partial charge < -0.3 is 4.74 Å².